The summed E-state index contributed by atoms with van der Waals surface area (Å²) in [5, 5.41) is 13.6. The Hall–Kier alpha value is -1.23. The Labute approximate surface area is 103 Å². The van der Waals surface area contributed by atoms with Gasteiger partial charge in [0.05, 0.1) is 18.0 Å². The molecule has 0 aliphatic carbocycles. The molecule has 0 spiro atoms. The van der Waals surface area contributed by atoms with E-state index < -0.39 is 0 Å². The number of hydrogen-bond acceptors (Lipinski definition) is 4. The smallest absolute Gasteiger partial charge is 0.150 e. The zero-order valence-electron chi connectivity index (χ0n) is 11.3. The number of aliphatic hydroxyl groups is 1. The van der Waals surface area contributed by atoms with Crippen LogP contribution in [0.1, 0.15) is 38.9 Å². The third-order valence-electron chi connectivity index (χ3n) is 2.76. The highest BCUT2D eigenvalue weighted by atomic mass is 16.3. The summed E-state index contributed by atoms with van der Waals surface area (Å²) in [7, 11) is 0. The van der Waals surface area contributed by atoms with E-state index in [1.165, 1.54) is 0 Å². The third kappa shape index (κ3) is 2.91. The number of nitrogen functional groups attached to an aromatic ring is 1. The molecule has 17 heavy (non-hydrogen) atoms. The van der Waals surface area contributed by atoms with Crippen molar-refractivity contribution in [3.05, 3.63) is 5.69 Å². The monoisotopic (exact) mass is 240 g/mol. The Bertz CT molecular complexity index is 354. The molecule has 0 amide bonds. The molecule has 3 N–H and O–H groups in total. The van der Waals surface area contributed by atoms with Crippen molar-refractivity contribution in [2.45, 2.75) is 40.2 Å². The van der Waals surface area contributed by atoms with E-state index in [1.807, 2.05) is 11.6 Å². The predicted octanol–water partition coefficient (Wildman–Crippen LogP) is 1.56. The Morgan fingerprint density at radius 2 is 2.06 bits per heavy atom. The SMILES string of the molecule is CCCN(CCO)c1c(N)c(C)nn1C(C)C. The Balaban J connectivity index is 3.15. The quantitative estimate of drug-likeness (QED) is 0.792. The molecule has 0 aliphatic heterocycles. The largest absolute Gasteiger partial charge is 0.395 e. The molecule has 1 rings (SSSR count). The van der Waals surface area contributed by atoms with Crippen LogP contribution in [-0.4, -0.2) is 34.6 Å². The van der Waals surface area contributed by atoms with Crippen LogP contribution in [0.2, 0.25) is 0 Å². The molecule has 5 heteroatoms. The molecular weight excluding hydrogens is 216 g/mol. The maximum Gasteiger partial charge on any atom is 0.150 e. The lowest BCUT2D eigenvalue weighted by Crippen LogP contribution is -2.30. The molecule has 0 saturated carbocycles. The van der Waals surface area contributed by atoms with Gasteiger partial charge in [0.2, 0.25) is 0 Å². The number of rotatable bonds is 6. The summed E-state index contributed by atoms with van der Waals surface area (Å²) < 4.78 is 1.94. The molecule has 1 aromatic heterocycles. The van der Waals surface area contributed by atoms with Gasteiger partial charge in [-0.1, -0.05) is 6.92 Å². The topological polar surface area (TPSA) is 67.3 Å². The van der Waals surface area contributed by atoms with Crippen molar-refractivity contribution in [1.29, 1.82) is 0 Å². The summed E-state index contributed by atoms with van der Waals surface area (Å²) >= 11 is 0. The normalized spacial score (nSPS) is 11.2. The Kier molecular flexibility index (Phi) is 4.81. The minimum atomic E-state index is 0.127. The fourth-order valence-electron chi connectivity index (χ4n) is 1.94. The van der Waals surface area contributed by atoms with Crippen LogP contribution in [0.3, 0.4) is 0 Å². The van der Waals surface area contributed by atoms with E-state index in [0.717, 1.165) is 30.2 Å². The molecular formula is C12H24N4O. The van der Waals surface area contributed by atoms with Crippen LogP contribution < -0.4 is 10.6 Å². The highest BCUT2D eigenvalue weighted by Crippen LogP contribution is 2.29. The van der Waals surface area contributed by atoms with E-state index in [-0.39, 0.29) is 12.6 Å². The lowest BCUT2D eigenvalue weighted by atomic mass is 10.3. The minimum absolute atomic E-state index is 0.127. The number of anilines is 2. The number of aryl methyl sites for hydroxylation is 1. The summed E-state index contributed by atoms with van der Waals surface area (Å²) in [6.45, 7) is 9.79. The van der Waals surface area contributed by atoms with Crippen LogP contribution in [0, 0.1) is 6.92 Å². The fourth-order valence-corrected chi connectivity index (χ4v) is 1.94. The van der Waals surface area contributed by atoms with E-state index in [9.17, 15) is 0 Å². The third-order valence-corrected chi connectivity index (χ3v) is 2.76. The first-order valence-corrected chi connectivity index (χ1v) is 6.23. The number of aromatic nitrogens is 2. The van der Waals surface area contributed by atoms with Crippen LogP contribution in [0.4, 0.5) is 11.5 Å². The maximum absolute atomic E-state index is 9.14. The van der Waals surface area contributed by atoms with Crippen LogP contribution in [-0.2, 0) is 0 Å². The average molecular weight is 240 g/mol. The second-order valence-corrected chi connectivity index (χ2v) is 4.57. The summed E-state index contributed by atoms with van der Waals surface area (Å²) in [6, 6.07) is 0.263. The maximum atomic E-state index is 9.14. The van der Waals surface area contributed by atoms with Crippen LogP contribution >= 0.6 is 0 Å². The number of aliphatic hydroxyl groups excluding tert-OH is 1. The molecule has 0 saturated heterocycles. The van der Waals surface area contributed by atoms with Crippen molar-refractivity contribution in [3.8, 4) is 0 Å². The van der Waals surface area contributed by atoms with Gasteiger partial charge in [-0.05, 0) is 27.2 Å². The van der Waals surface area contributed by atoms with Crippen LogP contribution in [0.25, 0.3) is 0 Å². The second kappa shape index (κ2) is 5.91. The van der Waals surface area contributed by atoms with Crippen LogP contribution in [0.15, 0.2) is 0 Å². The molecule has 1 aromatic rings. The van der Waals surface area contributed by atoms with E-state index in [1.54, 1.807) is 0 Å². The second-order valence-electron chi connectivity index (χ2n) is 4.57. The molecule has 98 valence electrons. The van der Waals surface area contributed by atoms with Gasteiger partial charge in [0, 0.05) is 19.1 Å². The molecule has 0 unspecified atom stereocenters. The van der Waals surface area contributed by atoms with E-state index >= 15 is 0 Å². The van der Waals surface area contributed by atoms with Gasteiger partial charge in [-0.2, -0.15) is 5.10 Å². The standard InChI is InChI=1S/C12H24N4O/c1-5-6-15(7-8-17)12-11(13)10(4)14-16(12)9(2)3/h9,17H,5-8,13H2,1-4H3. The van der Waals surface area contributed by atoms with Crippen molar-refractivity contribution in [2.24, 2.45) is 0 Å². The highest BCUT2D eigenvalue weighted by molar-refractivity contribution is 5.66. The first-order chi connectivity index (χ1) is 8.02. The minimum Gasteiger partial charge on any atom is -0.395 e. The zero-order valence-corrected chi connectivity index (χ0v) is 11.3. The van der Waals surface area contributed by atoms with Crippen LogP contribution in [0.5, 0.6) is 0 Å². The average Bonchev–Trinajstić information content (AvgIpc) is 2.56. The Morgan fingerprint density at radius 1 is 1.41 bits per heavy atom. The van der Waals surface area contributed by atoms with E-state index in [2.05, 4.69) is 30.8 Å². The van der Waals surface area contributed by atoms with Crippen molar-refractivity contribution in [2.75, 3.05) is 30.3 Å². The van der Waals surface area contributed by atoms with Gasteiger partial charge in [-0.15, -0.1) is 0 Å². The molecule has 0 aliphatic rings. The predicted molar refractivity (Wildman–Crippen MR) is 71.4 cm³/mol. The van der Waals surface area contributed by atoms with Crippen molar-refractivity contribution in [1.82, 2.24) is 9.78 Å². The Morgan fingerprint density at radius 3 is 2.53 bits per heavy atom. The number of nitrogens with zero attached hydrogens (tertiary/aromatic N) is 3. The van der Waals surface area contributed by atoms with Gasteiger partial charge in [0.1, 0.15) is 0 Å². The van der Waals surface area contributed by atoms with Gasteiger partial charge in [0.15, 0.2) is 5.82 Å². The highest BCUT2D eigenvalue weighted by Gasteiger charge is 2.19. The van der Waals surface area contributed by atoms with Gasteiger partial charge in [0.25, 0.3) is 0 Å². The molecule has 5 nitrogen and oxygen atoms in total. The van der Waals surface area contributed by atoms with Crippen molar-refractivity contribution < 1.29 is 5.11 Å². The summed E-state index contributed by atoms with van der Waals surface area (Å²) in [4.78, 5) is 2.11. The molecule has 0 fully saturated rings. The first kappa shape index (κ1) is 13.8. The van der Waals surface area contributed by atoms with Crippen molar-refractivity contribution in [3.63, 3.8) is 0 Å². The number of hydrogen-bond donors (Lipinski definition) is 2. The lowest BCUT2D eigenvalue weighted by molar-refractivity contribution is 0.300. The molecule has 0 bridgehead atoms. The molecule has 0 atom stereocenters. The zero-order chi connectivity index (χ0) is 13.0. The number of nitrogens with two attached hydrogens (primary N) is 1. The fraction of sp³-hybridized carbons (Fsp3) is 0.750. The van der Waals surface area contributed by atoms with E-state index in [4.69, 9.17) is 10.8 Å². The molecule has 1 heterocycles. The lowest BCUT2D eigenvalue weighted by Gasteiger charge is -2.25. The molecule has 0 radical (unpaired) electrons. The van der Waals surface area contributed by atoms with Gasteiger partial charge < -0.3 is 15.7 Å². The summed E-state index contributed by atoms with van der Waals surface area (Å²) in [5.41, 5.74) is 7.67. The van der Waals surface area contributed by atoms with Gasteiger partial charge >= 0.3 is 0 Å². The molecule has 0 aromatic carbocycles. The van der Waals surface area contributed by atoms with E-state index in [0.29, 0.717) is 6.54 Å². The van der Waals surface area contributed by atoms with Gasteiger partial charge in [-0.3, -0.25) is 0 Å². The summed E-state index contributed by atoms with van der Waals surface area (Å²) in [6.07, 6.45) is 1.02. The first-order valence-electron chi connectivity index (χ1n) is 6.23. The van der Waals surface area contributed by atoms with Gasteiger partial charge in [-0.25, -0.2) is 4.68 Å². The van der Waals surface area contributed by atoms with Crippen molar-refractivity contribution >= 4 is 11.5 Å². The summed E-state index contributed by atoms with van der Waals surface area (Å²) in [5.74, 6) is 0.938.